The lowest BCUT2D eigenvalue weighted by molar-refractivity contribution is -0.170. The van der Waals surface area contributed by atoms with E-state index in [1.165, 1.54) is 0 Å². The van der Waals surface area contributed by atoms with Crippen LogP contribution in [-0.4, -0.2) is 93.6 Å². The molecule has 0 aliphatic heterocycles. The molecule has 13 heteroatoms. The largest absolute Gasteiger partial charge is 0.481 e. The first-order valence-corrected chi connectivity index (χ1v) is 12.7. The van der Waals surface area contributed by atoms with Gasteiger partial charge in [-0.05, 0) is 31.6 Å². The summed E-state index contributed by atoms with van der Waals surface area (Å²) in [7, 11) is 0. The fraction of sp³-hybridized carbons (Fsp3) is 0.577. The number of nitrogens with two attached hydrogens (primary N) is 1. The third kappa shape index (κ3) is 13.6. The number of benzene rings is 1. The smallest absolute Gasteiger partial charge is 0.341 e. The molecular weight excluding hydrogens is 516 g/mol. The molecule has 0 fully saturated rings. The average molecular weight is 557 g/mol. The molecular formula is C26H40N2O11. The van der Waals surface area contributed by atoms with Gasteiger partial charge >= 0.3 is 29.8 Å². The lowest BCUT2D eigenvalue weighted by Crippen LogP contribution is -2.42. The highest BCUT2D eigenvalue weighted by atomic mass is 16.5. The summed E-state index contributed by atoms with van der Waals surface area (Å²) in [4.78, 5) is 57.4. The van der Waals surface area contributed by atoms with Crippen LogP contribution < -0.4 is 5.73 Å². The van der Waals surface area contributed by atoms with E-state index >= 15 is 0 Å². The van der Waals surface area contributed by atoms with Gasteiger partial charge in [0.15, 0.2) is 5.60 Å². The number of carbonyl (C=O) groups excluding carboxylic acids is 2. The second kappa shape index (κ2) is 18.5. The number of nitrogen functional groups attached to an aromatic ring is 1. The molecule has 0 radical (unpaired) electrons. The number of likely N-dealkylation sites (N-methyl/N-ethyl adjacent to an activating group) is 1. The Balaban J connectivity index is 0.000000935. The van der Waals surface area contributed by atoms with Gasteiger partial charge in [-0.2, -0.15) is 0 Å². The molecule has 1 rings (SSSR count). The van der Waals surface area contributed by atoms with E-state index in [0.29, 0.717) is 13.2 Å². The van der Waals surface area contributed by atoms with Crippen LogP contribution in [0.15, 0.2) is 18.2 Å². The Morgan fingerprint density at radius 3 is 1.90 bits per heavy atom. The highest BCUT2D eigenvalue weighted by Crippen LogP contribution is 2.20. The Bertz CT molecular complexity index is 945. The van der Waals surface area contributed by atoms with Crippen molar-refractivity contribution in [2.45, 2.75) is 64.9 Å². The lowest BCUT2D eigenvalue weighted by atomic mass is 9.96. The monoisotopic (exact) mass is 556 g/mol. The number of hydrogen-bond acceptors (Lipinski definition) is 10. The zero-order chi connectivity index (χ0) is 30.0. The number of aliphatic hydroxyl groups is 1. The van der Waals surface area contributed by atoms with Crippen molar-refractivity contribution in [3.63, 3.8) is 0 Å². The van der Waals surface area contributed by atoms with E-state index in [4.69, 9.17) is 35.6 Å². The second-order valence-electron chi connectivity index (χ2n) is 8.61. The third-order valence-electron chi connectivity index (χ3n) is 5.57. The number of esters is 2. The third-order valence-corrected chi connectivity index (χ3v) is 5.57. The van der Waals surface area contributed by atoms with Gasteiger partial charge in [0.1, 0.15) is 6.61 Å². The Hall–Kier alpha value is -3.71. The minimum absolute atomic E-state index is 0.0885. The first kappa shape index (κ1) is 35.3. The first-order valence-electron chi connectivity index (χ1n) is 12.7. The van der Waals surface area contributed by atoms with Crippen molar-refractivity contribution in [3.05, 3.63) is 29.3 Å². The average Bonchev–Trinajstić information content (AvgIpc) is 2.85. The van der Waals surface area contributed by atoms with E-state index < -0.39 is 48.3 Å². The summed E-state index contributed by atoms with van der Waals surface area (Å²) in [6.45, 7) is 9.22. The summed E-state index contributed by atoms with van der Waals surface area (Å²) in [5.41, 5.74) is 3.65. The van der Waals surface area contributed by atoms with Gasteiger partial charge in [0.05, 0.1) is 30.6 Å². The maximum Gasteiger partial charge on any atom is 0.341 e. The molecule has 0 unspecified atom stereocenters. The van der Waals surface area contributed by atoms with Crippen molar-refractivity contribution in [3.8, 4) is 0 Å². The Kier molecular flexibility index (Phi) is 16.8. The molecule has 39 heavy (non-hydrogen) atoms. The van der Waals surface area contributed by atoms with Gasteiger partial charge in [0.2, 0.25) is 0 Å². The van der Waals surface area contributed by atoms with Gasteiger partial charge in [0, 0.05) is 12.2 Å². The van der Waals surface area contributed by atoms with E-state index in [9.17, 15) is 24.0 Å². The normalized spacial score (nSPS) is 10.8. The van der Waals surface area contributed by atoms with Crippen LogP contribution in [0.5, 0.6) is 0 Å². The predicted octanol–water partition coefficient (Wildman–Crippen LogP) is 2.26. The van der Waals surface area contributed by atoms with Crippen LogP contribution in [0.2, 0.25) is 0 Å². The number of rotatable bonds is 17. The first-order chi connectivity index (χ1) is 18.3. The minimum Gasteiger partial charge on any atom is -0.481 e. The number of carboxylic acid groups (broad SMARTS) is 3. The van der Waals surface area contributed by atoms with Gasteiger partial charge in [-0.25, -0.2) is 14.4 Å². The van der Waals surface area contributed by atoms with Gasteiger partial charge in [-0.3, -0.25) is 9.59 Å². The van der Waals surface area contributed by atoms with Crippen LogP contribution in [0.1, 0.15) is 80.0 Å². The molecule has 0 saturated carbocycles. The number of ether oxygens (including phenoxy) is 2. The predicted molar refractivity (Wildman–Crippen MR) is 140 cm³/mol. The SMILES string of the molecule is CCCCCCOC(=O)c1cccc(N)c1C(=O)OCCN(CC)CC.O=C(O)CC(O)(CC(=O)O)C(=O)O. The molecule has 6 N–H and O–H groups in total. The maximum atomic E-state index is 12.4. The van der Waals surface area contributed by atoms with Gasteiger partial charge in [0.25, 0.3) is 0 Å². The van der Waals surface area contributed by atoms with Crippen molar-refractivity contribution in [1.29, 1.82) is 0 Å². The molecule has 1 aromatic carbocycles. The molecule has 1 aromatic rings. The van der Waals surface area contributed by atoms with Crippen LogP contribution in [0, 0.1) is 0 Å². The van der Waals surface area contributed by atoms with Crippen LogP contribution in [0.25, 0.3) is 0 Å². The van der Waals surface area contributed by atoms with Gasteiger partial charge in [-0.1, -0.05) is 46.1 Å². The highest BCUT2D eigenvalue weighted by Gasteiger charge is 2.40. The van der Waals surface area contributed by atoms with Crippen LogP contribution in [-0.2, 0) is 23.9 Å². The van der Waals surface area contributed by atoms with Crippen LogP contribution in [0.4, 0.5) is 5.69 Å². The molecule has 0 aliphatic rings. The topological polar surface area (TPSA) is 214 Å². The number of carbonyl (C=O) groups is 5. The van der Waals surface area contributed by atoms with Gasteiger partial charge < -0.3 is 40.5 Å². The van der Waals surface area contributed by atoms with Crippen molar-refractivity contribution in [1.82, 2.24) is 4.90 Å². The quantitative estimate of drug-likeness (QED) is 0.106. The van der Waals surface area contributed by atoms with E-state index in [1.807, 2.05) is 0 Å². The molecule has 0 spiro atoms. The fourth-order valence-electron chi connectivity index (χ4n) is 3.33. The Morgan fingerprint density at radius 1 is 0.846 bits per heavy atom. The van der Waals surface area contributed by atoms with Crippen molar-refractivity contribution in [2.75, 3.05) is 38.6 Å². The molecule has 0 aromatic heterocycles. The summed E-state index contributed by atoms with van der Waals surface area (Å²) < 4.78 is 10.6. The molecule has 220 valence electrons. The number of anilines is 1. The van der Waals surface area contributed by atoms with Gasteiger partial charge in [-0.15, -0.1) is 0 Å². The second-order valence-corrected chi connectivity index (χ2v) is 8.61. The van der Waals surface area contributed by atoms with E-state index in [0.717, 1.165) is 38.8 Å². The summed E-state index contributed by atoms with van der Waals surface area (Å²) in [6.07, 6.45) is 1.77. The summed E-state index contributed by atoms with van der Waals surface area (Å²) in [6, 6.07) is 4.76. The zero-order valence-corrected chi connectivity index (χ0v) is 22.7. The zero-order valence-electron chi connectivity index (χ0n) is 22.7. The Morgan fingerprint density at radius 2 is 1.41 bits per heavy atom. The molecule has 0 atom stereocenters. The maximum absolute atomic E-state index is 12.4. The minimum atomic E-state index is -2.74. The van der Waals surface area contributed by atoms with Crippen molar-refractivity contribution >= 4 is 35.5 Å². The highest BCUT2D eigenvalue weighted by molar-refractivity contribution is 6.06. The number of hydrogen-bond donors (Lipinski definition) is 5. The number of unbranched alkanes of at least 4 members (excludes halogenated alkanes) is 3. The van der Waals surface area contributed by atoms with Crippen LogP contribution >= 0.6 is 0 Å². The number of nitrogens with zero attached hydrogens (tertiary/aromatic N) is 1. The molecule has 0 bridgehead atoms. The summed E-state index contributed by atoms with van der Waals surface area (Å²) >= 11 is 0. The number of carboxylic acids is 3. The summed E-state index contributed by atoms with van der Waals surface area (Å²) in [5.74, 6) is -6.15. The summed E-state index contributed by atoms with van der Waals surface area (Å²) in [5, 5.41) is 33.8. The molecule has 0 heterocycles. The van der Waals surface area contributed by atoms with Crippen molar-refractivity contribution < 1.29 is 53.9 Å². The molecule has 0 saturated heterocycles. The van der Waals surface area contributed by atoms with E-state index in [-0.39, 0.29) is 23.4 Å². The van der Waals surface area contributed by atoms with E-state index in [2.05, 4.69) is 25.7 Å². The Labute approximate surface area is 227 Å². The van der Waals surface area contributed by atoms with E-state index in [1.54, 1.807) is 18.2 Å². The standard InChI is InChI=1S/C20H32N2O4.C6H8O7/c1-4-7-8-9-14-25-19(23)16-11-10-12-17(21)18(16)20(24)26-15-13-22(5-2)6-3;7-3(8)1-6(13,5(11)12)2-4(9)10/h10-12H,4-9,13-15,21H2,1-3H3;13H,1-2H2,(H,7,8)(H,9,10)(H,11,12). The van der Waals surface area contributed by atoms with Crippen molar-refractivity contribution in [2.24, 2.45) is 0 Å². The number of aliphatic carboxylic acids is 3. The van der Waals surface area contributed by atoms with Crippen LogP contribution in [0.3, 0.4) is 0 Å². The molecule has 0 amide bonds. The molecule has 13 nitrogen and oxygen atoms in total. The fourth-order valence-corrected chi connectivity index (χ4v) is 3.33. The molecule has 0 aliphatic carbocycles. The lowest BCUT2D eigenvalue weighted by Gasteiger charge is -2.18.